The zero-order valence-corrected chi connectivity index (χ0v) is 14.3. The van der Waals surface area contributed by atoms with Crippen molar-refractivity contribution in [2.75, 3.05) is 18.5 Å². The molecule has 9 heteroatoms. The fraction of sp³-hybridized carbons (Fsp3) is 0.533. The van der Waals surface area contributed by atoms with Gasteiger partial charge in [-0.05, 0) is 43.5 Å². The van der Waals surface area contributed by atoms with Crippen molar-refractivity contribution in [1.82, 2.24) is 0 Å². The summed E-state index contributed by atoms with van der Waals surface area (Å²) in [6, 6.07) is 4.08. The highest BCUT2D eigenvalue weighted by Gasteiger charge is 2.33. The zero-order valence-electron chi connectivity index (χ0n) is 12.7. The van der Waals surface area contributed by atoms with Gasteiger partial charge in [0, 0.05) is 10.9 Å². The van der Waals surface area contributed by atoms with E-state index in [4.69, 9.17) is 22.1 Å². The molecule has 3 N–H and O–H groups in total. The van der Waals surface area contributed by atoms with Crippen molar-refractivity contribution in [2.45, 2.75) is 25.4 Å². The summed E-state index contributed by atoms with van der Waals surface area (Å²) in [5.74, 6) is -0.484. The monoisotopic (exact) mass is 386 g/mol. The highest BCUT2D eigenvalue weighted by molar-refractivity contribution is 6.31. The Hall–Kier alpha value is -1.18. The molecule has 2 rings (SSSR count). The highest BCUT2D eigenvalue weighted by Crippen LogP contribution is 2.34. The summed E-state index contributed by atoms with van der Waals surface area (Å²) < 4.78 is 41.7. The van der Waals surface area contributed by atoms with Crippen LogP contribution in [0.5, 0.6) is 5.75 Å². The second-order valence-electron chi connectivity index (χ2n) is 5.57. The molecule has 136 valence electrons. The summed E-state index contributed by atoms with van der Waals surface area (Å²) in [5.41, 5.74) is 5.79. The molecule has 0 bridgehead atoms. The number of anilines is 1. The van der Waals surface area contributed by atoms with Crippen LogP contribution in [0.4, 0.5) is 18.9 Å². The first kappa shape index (κ1) is 20.9. The molecule has 0 radical (unpaired) electrons. The van der Waals surface area contributed by atoms with Gasteiger partial charge < -0.3 is 15.8 Å². The number of amides is 1. The fourth-order valence-electron chi connectivity index (χ4n) is 2.77. The van der Waals surface area contributed by atoms with Crippen LogP contribution < -0.4 is 15.8 Å². The van der Waals surface area contributed by atoms with E-state index >= 15 is 0 Å². The molecule has 4 nitrogen and oxygen atoms in total. The van der Waals surface area contributed by atoms with Crippen molar-refractivity contribution in [3.05, 3.63) is 23.2 Å². The number of benzene rings is 1. The van der Waals surface area contributed by atoms with Crippen molar-refractivity contribution < 1.29 is 22.7 Å². The third-order valence-electron chi connectivity index (χ3n) is 3.89. The maximum absolute atomic E-state index is 12.4. The normalized spacial score (nSPS) is 20.4. The molecule has 0 saturated heterocycles. The SMILES string of the molecule is Cl.NC[C@H]1CCC[C@H]1C(=O)Nc1cc(Cl)ccc1OCC(F)(F)F. The first-order chi connectivity index (χ1) is 10.8. The van der Waals surface area contributed by atoms with Crippen LogP contribution in [0.2, 0.25) is 5.02 Å². The van der Waals surface area contributed by atoms with E-state index in [1.165, 1.54) is 18.2 Å². The van der Waals surface area contributed by atoms with Crippen LogP contribution in [0.3, 0.4) is 0 Å². The Labute approximate surface area is 149 Å². The van der Waals surface area contributed by atoms with Crippen molar-refractivity contribution in [3.8, 4) is 5.75 Å². The van der Waals surface area contributed by atoms with Gasteiger partial charge in [0.15, 0.2) is 6.61 Å². The van der Waals surface area contributed by atoms with Gasteiger partial charge in [-0.3, -0.25) is 4.79 Å². The summed E-state index contributed by atoms with van der Waals surface area (Å²) in [7, 11) is 0. The van der Waals surface area contributed by atoms with Gasteiger partial charge in [-0.2, -0.15) is 13.2 Å². The Bertz CT molecular complexity index is 570. The summed E-state index contributed by atoms with van der Waals surface area (Å²) in [6.07, 6.45) is -1.96. The number of rotatable bonds is 5. The molecule has 0 spiro atoms. The van der Waals surface area contributed by atoms with E-state index in [0.717, 1.165) is 12.8 Å². The maximum Gasteiger partial charge on any atom is 0.422 e. The molecular formula is C15H19Cl2F3N2O2. The Kier molecular flexibility index (Phi) is 7.63. The van der Waals surface area contributed by atoms with Gasteiger partial charge in [-0.1, -0.05) is 18.0 Å². The van der Waals surface area contributed by atoms with E-state index in [2.05, 4.69) is 5.32 Å². The maximum atomic E-state index is 12.4. The number of hydrogen-bond acceptors (Lipinski definition) is 3. The lowest BCUT2D eigenvalue weighted by molar-refractivity contribution is -0.153. The fourth-order valence-corrected chi connectivity index (χ4v) is 2.95. The van der Waals surface area contributed by atoms with Crippen molar-refractivity contribution in [2.24, 2.45) is 17.6 Å². The van der Waals surface area contributed by atoms with Crippen LogP contribution in [-0.2, 0) is 4.79 Å². The van der Waals surface area contributed by atoms with Crippen LogP contribution in [0.25, 0.3) is 0 Å². The minimum Gasteiger partial charge on any atom is -0.482 e. The van der Waals surface area contributed by atoms with Gasteiger partial charge >= 0.3 is 6.18 Å². The molecule has 0 aromatic heterocycles. The number of halogens is 5. The van der Waals surface area contributed by atoms with E-state index in [-0.39, 0.29) is 41.6 Å². The topological polar surface area (TPSA) is 64.4 Å². The summed E-state index contributed by atoms with van der Waals surface area (Å²) >= 11 is 5.86. The van der Waals surface area contributed by atoms with Gasteiger partial charge in [-0.15, -0.1) is 12.4 Å². The molecule has 0 aliphatic heterocycles. The van der Waals surface area contributed by atoms with E-state index in [9.17, 15) is 18.0 Å². The number of hydrogen-bond donors (Lipinski definition) is 2. The first-order valence-corrected chi connectivity index (χ1v) is 7.68. The zero-order chi connectivity index (χ0) is 17.0. The van der Waals surface area contributed by atoms with Crippen molar-refractivity contribution in [3.63, 3.8) is 0 Å². The average molecular weight is 387 g/mol. The van der Waals surface area contributed by atoms with Crippen LogP contribution in [0, 0.1) is 11.8 Å². The molecule has 2 atom stereocenters. The lowest BCUT2D eigenvalue weighted by atomic mass is 9.95. The molecule has 1 saturated carbocycles. The standard InChI is InChI=1S/C15H18ClF3N2O2.ClH/c16-10-4-5-13(23-8-15(17,18)19)12(6-10)21-14(22)11-3-1-2-9(11)7-20;/h4-6,9,11H,1-3,7-8,20H2,(H,21,22);1H/t9-,11-;/m1./s1. The van der Waals surface area contributed by atoms with Gasteiger partial charge in [0.25, 0.3) is 0 Å². The number of alkyl halides is 3. The van der Waals surface area contributed by atoms with E-state index < -0.39 is 12.8 Å². The lowest BCUT2D eigenvalue weighted by Gasteiger charge is -2.19. The largest absolute Gasteiger partial charge is 0.482 e. The van der Waals surface area contributed by atoms with Gasteiger partial charge in [-0.25, -0.2) is 0 Å². The van der Waals surface area contributed by atoms with Gasteiger partial charge in [0.05, 0.1) is 5.69 Å². The Morgan fingerprint density at radius 1 is 1.38 bits per heavy atom. The second kappa shape index (κ2) is 8.78. The van der Waals surface area contributed by atoms with E-state index in [1.54, 1.807) is 0 Å². The summed E-state index contributed by atoms with van der Waals surface area (Å²) in [4.78, 5) is 12.4. The minimum atomic E-state index is -4.46. The third kappa shape index (κ3) is 5.72. The van der Waals surface area contributed by atoms with Gasteiger partial charge in [0.2, 0.25) is 5.91 Å². The number of nitrogens with two attached hydrogens (primary N) is 1. The predicted octanol–water partition coefficient (Wildman–Crippen LogP) is 4.02. The van der Waals surface area contributed by atoms with Crippen molar-refractivity contribution >= 4 is 35.6 Å². The van der Waals surface area contributed by atoms with E-state index in [0.29, 0.717) is 18.0 Å². The first-order valence-electron chi connectivity index (χ1n) is 7.30. The summed E-state index contributed by atoms with van der Waals surface area (Å²) in [5, 5.41) is 2.92. The summed E-state index contributed by atoms with van der Waals surface area (Å²) in [6.45, 7) is -1.03. The third-order valence-corrected chi connectivity index (χ3v) is 4.12. The molecule has 1 fully saturated rings. The average Bonchev–Trinajstić information content (AvgIpc) is 2.94. The molecular weight excluding hydrogens is 368 g/mol. The molecule has 1 amide bonds. The molecule has 0 unspecified atom stereocenters. The number of carbonyl (C=O) groups excluding carboxylic acids is 1. The molecule has 1 aliphatic rings. The van der Waals surface area contributed by atoms with Gasteiger partial charge in [0.1, 0.15) is 5.75 Å². The van der Waals surface area contributed by atoms with E-state index in [1.807, 2.05) is 0 Å². The molecule has 24 heavy (non-hydrogen) atoms. The Balaban J connectivity index is 0.00000288. The molecule has 1 aromatic carbocycles. The molecule has 1 aromatic rings. The molecule has 0 heterocycles. The number of ether oxygens (including phenoxy) is 1. The predicted molar refractivity (Wildman–Crippen MR) is 88.8 cm³/mol. The Morgan fingerprint density at radius 2 is 2.08 bits per heavy atom. The van der Waals surface area contributed by atoms with Crippen LogP contribution >= 0.6 is 24.0 Å². The smallest absolute Gasteiger partial charge is 0.422 e. The van der Waals surface area contributed by atoms with Crippen LogP contribution in [0.15, 0.2) is 18.2 Å². The molecule has 1 aliphatic carbocycles. The minimum absolute atomic E-state index is 0. The van der Waals surface area contributed by atoms with Crippen LogP contribution in [0.1, 0.15) is 19.3 Å². The van der Waals surface area contributed by atoms with Crippen LogP contribution in [-0.4, -0.2) is 25.2 Å². The highest BCUT2D eigenvalue weighted by atomic mass is 35.5. The number of nitrogens with one attached hydrogen (secondary N) is 1. The second-order valence-corrected chi connectivity index (χ2v) is 6.00. The Morgan fingerprint density at radius 3 is 2.71 bits per heavy atom. The quantitative estimate of drug-likeness (QED) is 0.802. The van der Waals surface area contributed by atoms with Crippen molar-refractivity contribution in [1.29, 1.82) is 0 Å². The lowest BCUT2D eigenvalue weighted by Crippen LogP contribution is -2.30. The number of carbonyl (C=O) groups is 1.